The molecule has 4 aliphatic rings. The van der Waals surface area contributed by atoms with Crippen molar-refractivity contribution in [2.24, 2.45) is 0 Å². The summed E-state index contributed by atoms with van der Waals surface area (Å²) in [7, 11) is 0. The summed E-state index contributed by atoms with van der Waals surface area (Å²) in [5.41, 5.74) is 0. The van der Waals surface area contributed by atoms with Crippen LogP contribution in [0.15, 0.2) is 0 Å². The molecule has 0 aromatic carbocycles. The first kappa shape index (κ1) is 27.2. The molecular weight excluding hydrogens is 748 g/mol. The Labute approximate surface area is 236 Å². The van der Waals surface area contributed by atoms with E-state index in [4.69, 9.17) is 0 Å². The summed E-state index contributed by atoms with van der Waals surface area (Å²) >= 11 is 17.8. The van der Waals surface area contributed by atoms with Crippen LogP contribution in [0.25, 0.3) is 0 Å². The molecule has 174 valence electrons. The minimum absolute atomic E-state index is 0.693. The van der Waals surface area contributed by atoms with Gasteiger partial charge in [-0.1, -0.05) is 0 Å². The monoisotopic (exact) mass is 786 g/mol. The van der Waals surface area contributed by atoms with E-state index in [1.807, 2.05) is 0 Å². The molecule has 4 saturated heterocycles. The van der Waals surface area contributed by atoms with Crippen molar-refractivity contribution in [3.8, 4) is 0 Å². The molecule has 0 aliphatic carbocycles. The van der Waals surface area contributed by atoms with E-state index in [-0.39, 0.29) is 0 Å². The van der Waals surface area contributed by atoms with Crippen molar-refractivity contribution < 1.29 is 0 Å². The summed E-state index contributed by atoms with van der Waals surface area (Å²) in [5, 5.41) is 11.6. The quantitative estimate of drug-likeness (QED) is 0.336. The average molecular weight is 783 g/mol. The zero-order valence-electron chi connectivity index (χ0n) is 18.2. The first-order chi connectivity index (χ1) is 14.4. The van der Waals surface area contributed by atoms with Crippen LogP contribution in [-0.2, 0) is 0 Å². The Kier molecular flexibility index (Phi) is 11.9. The molecule has 10 heteroatoms. The van der Waals surface area contributed by atoms with Gasteiger partial charge in [-0.25, -0.2) is 0 Å². The second-order valence-corrected chi connectivity index (χ2v) is 31.3. The van der Waals surface area contributed by atoms with Gasteiger partial charge in [0.25, 0.3) is 0 Å². The maximum absolute atomic E-state index is 2.54. The maximum atomic E-state index is 2.54. The van der Waals surface area contributed by atoms with Crippen LogP contribution in [0.3, 0.4) is 0 Å². The molecule has 0 nitrogen and oxygen atoms in total. The molecule has 4 heterocycles. The van der Waals surface area contributed by atoms with Gasteiger partial charge in [0.2, 0.25) is 0 Å². The van der Waals surface area contributed by atoms with Gasteiger partial charge >= 0.3 is 239 Å². The summed E-state index contributed by atoms with van der Waals surface area (Å²) in [6.07, 6.45) is 0. The van der Waals surface area contributed by atoms with E-state index >= 15 is 0 Å². The Balaban J connectivity index is 1.55. The second kappa shape index (κ2) is 13.1. The molecule has 4 fully saturated rings. The summed E-state index contributed by atoms with van der Waals surface area (Å²) in [6, 6.07) is 0. The molecule has 30 heavy (non-hydrogen) atoms. The van der Waals surface area contributed by atoms with Gasteiger partial charge in [-0.05, 0) is 0 Å². The van der Waals surface area contributed by atoms with Crippen LogP contribution in [-0.4, -0.2) is 119 Å². The molecule has 1 spiro atoms. The third-order valence-corrected chi connectivity index (χ3v) is 36.1. The molecule has 4 rings (SSSR count). The summed E-state index contributed by atoms with van der Waals surface area (Å²) in [5.74, 6) is 4.22. The molecule has 0 N–H and O–H groups in total. The van der Waals surface area contributed by atoms with E-state index in [0.717, 1.165) is 99.6 Å². The third kappa shape index (κ3) is 7.36. The minimum atomic E-state index is 0.693. The molecule has 0 aromatic heterocycles. The van der Waals surface area contributed by atoms with Crippen molar-refractivity contribution in [3.05, 3.63) is 0 Å². The SMILES string of the molecule is CC1C[Se]C2(SC(C)C[Se]2)C(C2SC(C)C[Se]2)SCC(C2SC(C)C[Se]2)SCCS1. The van der Waals surface area contributed by atoms with Crippen LogP contribution in [0.2, 0.25) is 21.3 Å². The van der Waals surface area contributed by atoms with Gasteiger partial charge in [0.05, 0.1) is 0 Å². The number of rotatable bonds is 2. The normalized spacial score (nSPS) is 49.2. The third-order valence-electron chi connectivity index (χ3n) is 5.28. The van der Waals surface area contributed by atoms with Crippen LogP contribution in [0.5, 0.6) is 0 Å². The Hall–Kier alpha value is 4.18. The Morgan fingerprint density at radius 3 is 1.90 bits per heavy atom. The molecule has 0 radical (unpaired) electrons. The van der Waals surface area contributed by atoms with E-state index < -0.39 is 0 Å². The van der Waals surface area contributed by atoms with Gasteiger partial charge in [-0.15, -0.1) is 0 Å². The van der Waals surface area contributed by atoms with Gasteiger partial charge in [-0.2, -0.15) is 0 Å². The zero-order chi connectivity index (χ0) is 21.1. The Morgan fingerprint density at radius 1 is 0.667 bits per heavy atom. The van der Waals surface area contributed by atoms with E-state index in [9.17, 15) is 0 Å². The molecule has 9 unspecified atom stereocenters. The van der Waals surface area contributed by atoms with Crippen LogP contribution in [0.1, 0.15) is 27.7 Å². The van der Waals surface area contributed by atoms with Crippen molar-refractivity contribution in [1.82, 2.24) is 0 Å². The summed E-state index contributed by atoms with van der Waals surface area (Å²) in [4.78, 5) is 0. The molecule has 0 saturated carbocycles. The van der Waals surface area contributed by atoms with E-state index in [2.05, 4.69) is 98.3 Å². The van der Waals surface area contributed by atoms with Crippen LogP contribution in [0, 0.1) is 0 Å². The van der Waals surface area contributed by atoms with Crippen LogP contribution < -0.4 is 0 Å². The van der Waals surface area contributed by atoms with E-state index in [0.29, 0.717) is 2.54 Å². The zero-order valence-corrected chi connectivity index (χ0v) is 29.9. The fourth-order valence-corrected chi connectivity index (χ4v) is 37.1. The molecule has 0 amide bonds. The summed E-state index contributed by atoms with van der Waals surface area (Å²) in [6.45, 7) is 10.1. The molecule has 9 atom stereocenters. The predicted octanol–water partition coefficient (Wildman–Crippen LogP) is 5.53. The first-order valence-corrected chi connectivity index (χ1v) is 25.2. The Bertz CT molecular complexity index is 559. The van der Waals surface area contributed by atoms with Crippen molar-refractivity contribution in [3.63, 3.8) is 0 Å². The Morgan fingerprint density at radius 2 is 1.30 bits per heavy atom. The standard InChI is InChI=1S/C20H34S6Se4/c1-12-10-29-20(26-15(4)11-30-20)17(19-25-14(3)9-28-19)23-7-16(22-6-5-21-12)18-24-13(2)8-27-18/h12-19H,5-11H2,1-4H3. The average Bonchev–Trinajstić information content (AvgIpc) is 3.42. The molecule has 4 aliphatic heterocycles. The van der Waals surface area contributed by atoms with E-state index in [1.54, 1.807) is 0 Å². The van der Waals surface area contributed by atoms with Gasteiger partial charge in [-0.3, -0.25) is 0 Å². The molecular formula is C20H34S6Se4. The fourth-order valence-electron chi connectivity index (χ4n) is 3.80. The van der Waals surface area contributed by atoms with Crippen molar-refractivity contribution in [1.29, 1.82) is 0 Å². The van der Waals surface area contributed by atoms with Crippen molar-refractivity contribution in [2.75, 3.05) is 17.3 Å². The second-order valence-electron chi connectivity index (χ2n) is 8.30. The number of hydrogen-bond donors (Lipinski definition) is 0. The molecule has 0 bridgehead atoms. The fraction of sp³-hybridized carbons (Fsp3) is 1.00. The van der Waals surface area contributed by atoms with Crippen molar-refractivity contribution in [2.45, 2.75) is 91.3 Å². The van der Waals surface area contributed by atoms with Gasteiger partial charge in [0.15, 0.2) is 0 Å². The summed E-state index contributed by atoms with van der Waals surface area (Å²) < 4.78 is 2.67. The van der Waals surface area contributed by atoms with Gasteiger partial charge < -0.3 is 0 Å². The van der Waals surface area contributed by atoms with Gasteiger partial charge in [0, 0.05) is 0 Å². The van der Waals surface area contributed by atoms with Crippen LogP contribution in [0.4, 0.5) is 0 Å². The van der Waals surface area contributed by atoms with Gasteiger partial charge in [0.1, 0.15) is 0 Å². The predicted molar refractivity (Wildman–Crippen MR) is 158 cm³/mol. The number of hydrogen-bond acceptors (Lipinski definition) is 6. The van der Waals surface area contributed by atoms with Crippen molar-refractivity contribution >= 4 is 130 Å². The van der Waals surface area contributed by atoms with Crippen LogP contribution >= 0.6 is 70.6 Å². The van der Waals surface area contributed by atoms with E-state index in [1.165, 1.54) is 38.5 Å². The topological polar surface area (TPSA) is 0 Å². The molecule has 0 aromatic rings. The first-order valence-electron chi connectivity index (χ1n) is 10.8. The number of thioether (sulfide) groups is 6.